The first-order valence-electron chi connectivity index (χ1n) is 5.47. The minimum Gasteiger partial charge on any atom is -0.330 e. The normalized spacial score (nSPS) is 12.9. The van der Waals surface area contributed by atoms with Crippen LogP contribution in [0.4, 0.5) is 0 Å². The number of imidazole rings is 1. The number of rotatable bonds is 5. The summed E-state index contributed by atoms with van der Waals surface area (Å²) in [6.45, 7) is 3.10. The summed E-state index contributed by atoms with van der Waals surface area (Å²) in [6.07, 6.45) is 4.92. The lowest BCUT2D eigenvalue weighted by atomic mass is 10.1. The highest BCUT2D eigenvalue weighted by atomic mass is 32.1. The quantitative estimate of drug-likeness (QED) is 0.863. The zero-order valence-electron chi connectivity index (χ0n) is 9.68. The summed E-state index contributed by atoms with van der Waals surface area (Å²) in [5.41, 5.74) is 2.65. The maximum absolute atomic E-state index is 4.22. The Balaban J connectivity index is 2.08. The van der Waals surface area contributed by atoms with Gasteiger partial charge in [-0.25, -0.2) is 4.98 Å². The van der Waals surface area contributed by atoms with Crippen LogP contribution in [-0.2, 0) is 13.0 Å². The Hall–Kier alpha value is -1.13. The summed E-state index contributed by atoms with van der Waals surface area (Å²) >= 11 is 1.76. The minimum atomic E-state index is 0.459. The third-order valence-electron chi connectivity index (χ3n) is 2.69. The van der Waals surface area contributed by atoms with Gasteiger partial charge in [-0.3, -0.25) is 0 Å². The Morgan fingerprint density at radius 2 is 2.44 bits per heavy atom. The van der Waals surface area contributed by atoms with Gasteiger partial charge < -0.3 is 9.88 Å². The van der Waals surface area contributed by atoms with Crippen LogP contribution in [0.15, 0.2) is 29.4 Å². The van der Waals surface area contributed by atoms with E-state index in [0.29, 0.717) is 6.04 Å². The van der Waals surface area contributed by atoms with Crippen molar-refractivity contribution in [3.63, 3.8) is 0 Å². The summed E-state index contributed by atoms with van der Waals surface area (Å²) in [5, 5.41) is 7.51. The maximum atomic E-state index is 4.22. The summed E-state index contributed by atoms with van der Waals surface area (Å²) in [7, 11) is 1.96. The average Bonchev–Trinajstić information content (AvgIpc) is 2.89. The lowest BCUT2D eigenvalue weighted by Crippen LogP contribution is -2.14. The van der Waals surface area contributed by atoms with Crippen LogP contribution in [0.2, 0.25) is 0 Å². The number of nitrogens with zero attached hydrogens (tertiary/aromatic N) is 2. The molecule has 4 heteroatoms. The molecular weight excluding hydrogens is 218 g/mol. The molecule has 16 heavy (non-hydrogen) atoms. The second-order valence-corrected chi connectivity index (χ2v) is 4.79. The molecule has 0 saturated heterocycles. The zero-order chi connectivity index (χ0) is 11.4. The Labute approximate surface area is 100 Å². The van der Waals surface area contributed by atoms with E-state index >= 15 is 0 Å². The van der Waals surface area contributed by atoms with Gasteiger partial charge in [0.2, 0.25) is 0 Å². The molecule has 2 heterocycles. The molecule has 2 aromatic rings. The first-order valence-corrected chi connectivity index (χ1v) is 6.42. The van der Waals surface area contributed by atoms with Crippen molar-refractivity contribution in [1.82, 2.24) is 14.9 Å². The average molecular weight is 235 g/mol. The van der Waals surface area contributed by atoms with E-state index in [2.05, 4.69) is 38.6 Å². The highest BCUT2D eigenvalue weighted by molar-refractivity contribution is 7.07. The molecule has 1 atom stereocenters. The molecule has 1 N–H and O–H groups in total. The Morgan fingerprint density at radius 1 is 1.56 bits per heavy atom. The fourth-order valence-corrected chi connectivity index (χ4v) is 2.58. The predicted octanol–water partition coefficient (Wildman–Crippen LogP) is 2.47. The van der Waals surface area contributed by atoms with Crippen molar-refractivity contribution < 1.29 is 0 Å². The highest BCUT2D eigenvalue weighted by Gasteiger charge is 2.09. The van der Waals surface area contributed by atoms with Crippen LogP contribution in [-0.4, -0.2) is 16.6 Å². The SMILES string of the molecule is CNCc1cncn1C(C)Cc1ccsc1. The van der Waals surface area contributed by atoms with E-state index in [1.54, 1.807) is 11.3 Å². The smallest absolute Gasteiger partial charge is 0.0951 e. The van der Waals surface area contributed by atoms with Crippen LogP contribution in [0, 0.1) is 0 Å². The van der Waals surface area contributed by atoms with E-state index < -0.39 is 0 Å². The van der Waals surface area contributed by atoms with Gasteiger partial charge in [0.25, 0.3) is 0 Å². The lowest BCUT2D eigenvalue weighted by molar-refractivity contribution is 0.518. The standard InChI is InChI=1S/C12H17N3S/c1-10(5-11-3-4-16-8-11)15-9-14-7-12(15)6-13-2/h3-4,7-10,13H,5-6H2,1-2H3. The molecule has 0 aromatic carbocycles. The molecule has 0 fully saturated rings. The molecule has 0 spiro atoms. The minimum absolute atomic E-state index is 0.459. The van der Waals surface area contributed by atoms with Gasteiger partial charge in [-0.15, -0.1) is 0 Å². The van der Waals surface area contributed by atoms with Gasteiger partial charge in [0, 0.05) is 18.8 Å². The van der Waals surface area contributed by atoms with E-state index in [1.807, 2.05) is 19.6 Å². The zero-order valence-corrected chi connectivity index (χ0v) is 10.5. The predicted molar refractivity (Wildman–Crippen MR) is 67.7 cm³/mol. The van der Waals surface area contributed by atoms with Gasteiger partial charge in [-0.2, -0.15) is 11.3 Å². The van der Waals surface area contributed by atoms with Crippen molar-refractivity contribution in [3.8, 4) is 0 Å². The third kappa shape index (κ3) is 2.51. The molecule has 0 aliphatic rings. The van der Waals surface area contributed by atoms with Gasteiger partial charge >= 0.3 is 0 Å². The molecule has 0 radical (unpaired) electrons. The van der Waals surface area contributed by atoms with Crippen LogP contribution in [0.25, 0.3) is 0 Å². The van der Waals surface area contributed by atoms with E-state index in [1.165, 1.54) is 11.3 Å². The van der Waals surface area contributed by atoms with Gasteiger partial charge in [0.1, 0.15) is 0 Å². The van der Waals surface area contributed by atoms with Crippen LogP contribution < -0.4 is 5.32 Å². The van der Waals surface area contributed by atoms with Gasteiger partial charge in [0.05, 0.1) is 12.0 Å². The molecule has 0 aliphatic heterocycles. The number of nitrogens with one attached hydrogen (secondary N) is 1. The molecular formula is C12H17N3S. The van der Waals surface area contributed by atoms with Crippen molar-refractivity contribution in [2.75, 3.05) is 7.05 Å². The summed E-state index contributed by atoms with van der Waals surface area (Å²) in [4.78, 5) is 4.22. The largest absolute Gasteiger partial charge is 0.330 e. The maximum Gasteiger partial charge on any atom is 0.0951 e. The number of hydrogen-bond acceptors (Lipinski definition) is 3. The fraction of sp³-hybridized carbons (Fsp3) is 0.417. The molecule has 3 nitrogen and oxygen atoms in total. The van der Waals surface area contributed by atoms with Crippen molar-refractivity contribution in [1.29, 1.82) is 0 Å². The molecule has 2 rings (SSSR count). The number of aromatic nitrogens is 2. The van der Waals surface area contributed by atoms with Crippen LogP contribution in [0.1, 0.15) is 24.2 Å². The first kappa shape index (κ1) is 11.4. The van der Waals surface area contributed by atoms with Crippen LogP contribution >= 0.6 is 11.3 Å². The molecule has 0 saturated carbocycles. The van der Waals surface area contributed by atoms with E-state index in [9.17, 15) is 0 Å². The highest BCUT2D eigenvalue weighted by Crippen LogP contribution is 2.17. The topological polar surface area (TPSA) is 29.9 Å². The van der Waals surface area contributed by atoms with Crippen molar-refractivity contribution in [2.24, 2.45) is 0 Å². The Morgan fingerprint density at radius 3 is 3.12 bits per heavy atom. The number of thiophene rings is 1. The van der Waals surface area contributed by atoms with E-state index in [-0.39, 0.29) is 0 Å². The van der Waals surface area contributed by atoms with Crippen molar-refractivity contribution >= 4 is 11.3 Å². The second-order valence-electron chi connectivity index (χ2n) is 4.01. The van der Waals surface area contributed by atoms with Gasteiger partial charge in [-0.1, -0.05) is 0 Å². The van der Waals surface area contributed by atoms with Crippen LogP contribution in [0.3, 0.4) is 0 Å². The first-order chi connectivity index (χ1) is 7.81. The van der Waals surface area contributed by atoms with Crippen molar-refractivity contribution in [2.45, 2.75) is 25.9 Å². The van der Waals surface area contributed by atoms with Gasteiger partial charge in [0.15, 0.2) is 0 Å². The Kier molecular flexibility index (Phi) is 3.74. The van der Waals surface area contributed by atoms with Crippen LogP contribution in [0.5, 0.6) is 0 Å². The molecule has 2 aromatic heterocycles. The third-order valence-corrected chi connectivity index (χ3v) is 3.42. The van der Waals surface area contributed by atoms with Crippen molar-refractivity contribution in [3.05, 3.63) is 40.6 Å². The lowest BCUT2D eigenvalue weighted by Gasteiger charge is -2.15. The van der Waals surface area contributed by atoms with Gasteiger partial charge in [-0.05, 0) is 42.8 Å². The summed E-state index contributed by atoms with van der Waals surface area (Å²) in [5.74, 6) is 0. The Bertz CT molecular complexity index is 419. The summed E-state index contributed by atoms with van der Waals surface area (Å²) in [6, 6.07) is 2.65. The van der Waals surface area contributed by atoms with E-state index in [4.69, 9.17) is 0 Å². The molecule has 0 aliphatic carbocycles. The molecule has 0 amide bonds. The second kappa shape index (κ2) is 5.27. The molecule has 86 valence electrons. The summed E-state index contributed by atoms with van der Waals surface area (Å²) < 4.78 is 2.24. The molecule has 1 unspecified atom stereocenters. The molecule has 0 bridgehead atoms. The monoisotopic (exact) mass is 235 g/mol. The number of hydrogen-bond donors (Lipinski definition) is 1. The van der Waals surface area contributed by atoms with E-state index in [0.717, 1.165) is 13.0 Å². The fourth-order valence-electron chi connectivity index (χ4n) is 1.90.